The number of rotatable bonds is 4. The van der Waals surface area contributed by atoms with Gasteiger partial charge in [-0.15, -0.1) is 0 Å². The summed E-state index contributed by atoms with van der Waals surface area (Å²) in [6.45, 7) is 0. The fraction of sp³-hybridized carbons (Fsp3) is 0.0175. The van der Waals surface area contributed by atoms with Gasteiger partial charge in [0.1, 0.15) is 22.9 Å². The minimum atomic E-state index is -0.567. The van der Waals surface area contributed by atoms with Gasteiger partial charge in [0.15, 0.2) is 0 Å². The van der Waals surface area contributed by atoms with Crippen molar-refractivity contribution in [1.29, 1.82) is 0 Å². The van der Waals surface area contributed by atoms with E-state index in [1.54, 1.807) is 0 Å². The van der Waals surface area contributed by atoms with Gasteiger partial charge in [0.25, 0.3) is 0 Å². The highest BCUT2D eigenvalue weighted by Crippen LogP contribution is 2.62. The summed E-state index contributed by atoms with van der Waals surface area (Å²) in [5.41, 5.74) is 15.0. The van der Waals surface area contributed by atoms with Crippen molar-refractivity contribution in [3.8, 4) is 56.5 Å². The molecule has 0 bridgehead atoms. The molecule has 284 valence electrons. The molecule has 0 N–H and O–H groups in total. The van der Waals surface area contributed by atoms with Crippen LogP contribution < -0.4 is 9.30 Å². The number of para-hydroxylation sites is 3. The van der Waals surface area contributed by atoms with Crippen LogP contribution in [0.4, 0.5) is 0 Å². The molecule has 2 aliphatic rings. The molecule has 1 spiro atoms. The molecule has 61 heavy (non-hydrogen) atoms. The van der Waals surface area contributed by atoms with Gasteiger partial charge in [-0.25, -0.2) is 4.98 Å². The van der Waals surface area contributed by atoms with E-state index in [1.807, 2.05) is 0 Å². The average Bonchev–Trinajstić information content (AvgIpc) is 3.83. The normalized spacial score (nSPS) is 13.2. The molecule has 0 saturated heterocycles. The molecule has 2 aromatic heterocycles. The van der Waals surface area contributed by atoms with Crippen molar-refractivity contribution < 1.29 is 9.30 Å². The molecular weight excluding hydrogens is 743 g/mol. The predicted molar refractivity (Wildman–Crippen MR) is 246 cm³/mol. The minimum Gasteiger partial charge on any atom is -0.457 e. The van der Waals surface area contributed by atoms with Crippen LogP contribution in [0.1, 0.15) is 22.3 Å². The second-order valence-electron chi connectivity index (χ2n) is 16.1. The van der Waals surface area contributed by atoms with Crippen LogP contribution in [0.5, 0.6) is 11.5 Å². The Morgan fingerprint density at radius 1 is 0.443 bits per heavy atom. The van der Waals surface area contributed by atoms with E-state index in [4.69, 9.17) is 9.72 Å². The number of hydrogen-bond acceptors (Lipinski definition) is 2. The summed E-state index contributed by atoms with van der Waals surface area (Å²) in [6.07, 6.45) is 4.31. The van der Waals surface area contributed by atoms with Crippen molar-refractivity contribution in [2.24, 2.45) is 0 Å². The highest BCUT2D eigenvalue weighted by molar-refractivity contribution is 6.21. The maximum absolute atomic E-state index is 6.78. The van der Waals surface area contributed by atoms with Crippen LogP contribution in [0, 0.1) is 0 Å². The van der Waals surface area contributed by atoms with Crippen molar-refractivity contribution in [3.05, 3.63) is 241 Å². The lowest BCUT2D eigenvalue weighted by Crippen LogP contribution is -2.32. The van der Waals surface area contributed by atoms with Crippen LogP contribution >= 0.6 is 0 Å². The maximum Gasteiger partial charge on any atom is 0.210 e. The number of nitrogens with zero attached hydrogens (tertiary/aromatic N) is 3. The quantitative estimate of drug-likeness (QED) is 0.167. The molecule has 0 amide bonds. The molecule has 0 saturated carbocycles. The van der Waals surface area contributed by atoms with Crippen LogP contribution in [-0.2, 0) is 5.41 Å². The van der Waals surface area contributed by atoms with Crippen molar-refractivity contribution in [1.82, 2.24) is 9.55 Å². The molecule has 0 fully saturated rings. The molecule has 13 rings (SSSR count). The van der Waals surface area contributed by atoms with Crippen LogP contribution in [-0.4, -0.2) is 9.55 Å². The van der Waals surface area contributed by atoms with E-state index in [2.05, 4.69) is 228 Å². The summed E-state index contributed by atoms with van der Waals surface area (Å²) in [4.78, 5) is 5.51. The fourth-order valence-electron chi connectivity index (χ4n) is 10.4. The molecule has 4 nitrogen and oxygen atoms in total. The molecule has 4 heteroatoms. The lowest BCUT2D eigenvalue weighted by atomic mass is 9.66. The Labute approximate surface area is 352 Å². The molecular formula is C57H36N3O+. The van der Waals surface area contributed by atoms with E-state index < -0.39 is 5.41 Å². The second-order valence-corrected chi connectivity index (χ2v) is 16.1. The second kappa shape index (κ2) is 13.0. The summed E-state index contributed by atoms with van der Waals surface area (Å²) >= 11 is 0. The summed E-state index contributed by atoms with van der Waals surface area (Å²) in [7, 11) is 0. The number of fused-ring (bicyclic) bond motifs is 14. The first kappa shape index (κ1) is 33.8. The zero-order valence-corrected chi connectivity index (χ0v) is 33.0. The standard InChI is InChI=1S/C57H36N3O/c1-2-17-40(18-3-1)59-35-50(38-16-14-19-41(33-38)60-52-27-12-8-23-45(52)56-42-20-5-4-15-37(42)29-31-53(56)60)58-51(36-59)39-30-32-55-49(34-39)57(48-26-11-13-28-54(48)61-55)46-24-9-6-21-43(46)44-22-7-10-25-47(44)57/h1-36H/q+1. The Bertz CT molecular complexity index is 3540. The van der Waals surface area contributed by atoms with Crippen molar-refractivity contribution >= 4 is 32.6 Å². The largest absolute Gasteiger partial charge is 0.457 e. The molecule has 3 heterocycles. The minimum absolute atomic E-state index is 0.567. The van der Waals surface area contributed by atoms with Gasteiger partial charge < -0.3 is 9.30 Å². The molecule has 1 aliphatic carbocycles. The van der Waals surface area contributed by atoms with Crippen molar-refractivity contribution in [2.75, 3.05) is 0 Å². The van der Waals surface area contributed by atoms with Crippen LogP contribution in [0.2, 0.25) is 0 Å². The van der Waals surface area contributed by atoms with Gasteiger partial charge in [0, 0.05) is 50.8 Å². The van der Waals surface area contributed by atoms with Gasteiger partial charge in [-0.05, 0) is 81.6 Å². The maximum atomic E-state index is 6.78. The van der Waals surface area contributed by atoms with Gasteiger partial charge >= 0.3 is 0 Å². The van der Waals surface area contributed by atoms with E-state index in [-0.39, 0.29) is 0 Å². The summed E-state index contributed by atoms with van der Waals surface area (Å²) in [6, 6.07) is 74.1. The third kappa shape index (κ3) is 4.87. The first-order chi connectivity index (χ1) is 30.2. The van der Waals surface area contributed by atoms with E-state index in [0.717, 1.165) is 56.5 Å². The Kier molecular flexibility index (Phi) is 7.19. The van der Waals surface area contributed by atoms with E-state index in [0.29, 0.717) is 0 Å². The molecule has 1 aliphatic heterocycles. The fourth-order valence-corrected chi connectivity index (χ4v) is 10.4. The van der Waals surface area contributed by atoms with Crippen LogP contribution in [0.25, 0.3) is 77.6 Å². The van der Waals surface area contributed by atoms with Gasteiger partial charge in [-0.2, -0.15) is 4.57 Å². The zero-order valence-electron chi connectivity index (χ0n) is 33.0. The lowest BCUT2D eigenvalue weighted by molar-refractivity contribution is -0.595. The van der Waals surface area contributed by atoms with Crippen LogP contribution in [0.3, 0.4) is 0 Å². The Balaban J connectivity index is 1.02. The number of hydrogen-bond donors (Lipinski definition) is 0. The first-order valence-electron chi connectivity index (χ1n) is 20.9. The zero-order chi connectivity index (χ0) is 40.1. The lowest BCUT2D eigenvalue weighted by Gasteiger charge is -2.39. The SMILES string of the molecule is c1ccc(-[n+]2cc(-c3cccc(-n4c5ccccc5c5c6ccccc6ccc54)c3)nc(-c3ccc4c(c3)C3(c5ccccc5O4)c4ccccc4-c4ccccc43)c2)cc1. The number of benzene rings is 9. The predicted octanol–water partition coefficient (Wildman–Crippen LogP) is 13.4. The van der Waals surface area contributed by atoms with Gasteiger partial charge in [0.05, 0.1) is 16.4 Å². The van der Waals surface area contributed by atoms with Crippen LogP contribution in [0.15, 0.2) is 219 Å². The molecule has 0 radical (unpaired) electrons. The molecule has 9 aromatic carbocycles. The van der Waals surface area contributed by atoms with Gasteiger partial charge in [-0.3, -0.25) is 0 Å². The average molecular weight is 779 g/mol. The Morgan fingerprint density at radius 2 is 1.08 bits per heavy atom. The third-order valence-electron chi connectivity index (χ3n) is 12.9. The molecule has 11 aromatic rings. The van der Waals surface area contributed by atoms with E-state index >= 15 is 0 Å². The van der Waals surface area contributed by atoms with Crippen molar-refractivity contribution in [2.45, 2.75) is 5.41 Å². The highest BCUT2D eigenvalue weighted by atomic mass is 16.5. The topological polar surface area (TPSA) is 30.9 Å². The van der Waals surface area contributed by atoms with E-state index in [9.17, 15) is 0 Å². The van der Waals surface area contributed by atoms with E-state index in [1.165, 1.54) is 54.8 Å². The first-order valence-corrected chi connectivity index (χ1v) is 20.9. The summed E-state index contributed by atoms with van der Waals surface area (Å²) in [5, 5.41) is 5.01. The molecule has 0 atom stereocenters. The van der Waals surface area contributed by atoms with Crippen molar-refractivity contribution in [3.63, 3.8) is 0 Å². The summed E-state index contributed by atoms with van der Waals surface area (Å²) in [5.74, 6) is 1.74. The van der Waals surface area contributed by atoms with Gasteiger partial charge in [0.2, 0.25) is 18.1 Å². The Morgan fingerprint density at radius 3 is 1.89 bits per heavy atom. The third-order valence-corrected chi connectivity index (χ3v) is 12.9. The number of aromatic nitrogens is 3. The highest BCUT2D eigenvalue weighted by Gasteiger charge is 2.51. The van der Waals surface area contributed by atoms with Gasteiger partial charge in [-0.1, -0.05) is 146 Å². The monoisotopic (exact) mass is 778 g/mol. The Hall–Kier alpha value is -8.08. The molecule has 0 unspecified atom stereocenters. The summed E-state index contributed by atoms with van der Waals surface area (Å²) < 4.78 is 11.4. The smallest absolute Gasteiger partial charge is 0.210 e. The number of ether oxygens (including phenoxy) is 1.